The Morgan fingerprint density at radius 2 is 2.06 bits per heavy atom. The van der Waals surface area contributed by atoms with Crippen molar-refractivity contribution in [3.05, 3.63) is 75.9 Å². The summed E-state index contributed by atoms with van der Waals surface area (Å²) < 4.78 is 3.78. The van der Waals surface area contributed by atoms with Gasteiger partial charge in [0, 0.05) is 36.1 Å². The van der Waals surface area contributed by atoms with Crippen molar-refractivity contribution in [1.29, 1.82) is 0 Å². The Bertz CT molecular complexity index is 1420. The van der Waals surface area contributed by atoms with Crippen molar-refractivity contribution in [3.63, 3.8) is 0 Å². The maximum Gasteiger partial charge on any atom is 0.279 e. The van der Waals surface area contributed by atoms with Crippen LogP contribution in [0.2, 0.25) is 0 Å². The number of nitrogens with zero attached hydrogens (tertiary/aromatic N) is 4. The normalized spacial score (nSPS) is 23.6. The molecule has 3 heterocycles. The summed E-state index contributed by atoms with van der Waals surface area (Å²) >= 11 is 0. The van der Waals surface area contributed by atoms with Crippen molar-refractivity contribution in [3.8, 4) is 5.69 Å². The summed E-state index contributed by atoms with van der Waals surface area (Å²) in [5.41, 5.74) is 4.27. The Morgan fingerprint density at radius 3 is 2.70 bits per heavy atom. The third-order valence-electron chi connectivity index (χ3n) is 7.58. The summed E-state index contributed by atoms with van der Waals surface area (Å²) in [4.78, 5) is 16.7. The van der Waals surface area contributed by atoms with Gasteiger partial charge in [-0.1, -0.05) is 19.1 Å². The summed E-state index contributed by atoms with van der Waals surface area (Å²) in [6.07, 6.45) is 9.17. The van der Waals surface area contributed by atoms with Crippen LogP contribution in [0.3, 0.4) is 0 Å². The van der Waals surface area contributed by atoms with E-state index in [0.29, 0.717) is 17.4 Å². The number of hydrogen-bond acceptors (Lipinski definition) is 4. The fourth-order valence-electron chi connectivity index (χ4n) is 5.87. The zero-order valence-corrected chi connectivity index (χ0v) is 19.2. The zero-order valence-electron chi connectivity index (χ0n) is 19.2. The molecular weight excluding hydrogens is 414 g/mol. The fourth-order valence-corrected chi connectivity index (χ4v) is 5.87. The van der Waals surface area contributed by atoms with Gasteiger partial charge in [0.25, 0.3) is 5.56 Å². The van der Waals surface area contributed by atoms with E-state index in [4.69, 9.17) is 0 Å². The van der Waals surface area contributed by atoms with Crippen molar-refractivity contribution in [1.82, 2.24) is 24.3 Å². The van der Waals surface area contributed by atoms with Gasteiger partial charge >= 0.3 is 0 Å². The van der Waals surface area contributed by atoms with Crippen LogP contribution in [-0.4, -0.2) is 29.4 Å². The molecule has 2 fully saturated rings. The highest BCUT2D eigenvalue weighted by Crippen LogP contribution is 2.51. The molecule has 2 saturated carbocycles. The lowest BCUT2D eigenvalue weighted by molar-refractivity contribution is 0.185. The monoisotopic (exact) mass is 443 g/mol. The summed E-state index contributed by atoms with van der Waals surface area (Å²) in [6, 6.07) is 8.33. The van der Waals surface area contributed by atoms with Crippen LogP contribution in [0, 0.1) is 5.92 Å². The number of aromatic nitrogens is 5. The fraction of sp³-hybridized carbons (Fsp3) is 0.423. The van der Waals surface area contributed by atoms with Gasteiger partial charge in [-0.25, -0.2) is 0 Å². The summed E-state index contributed by atoms with van der Waals surface area (Å²) in [6.45, 7) is 4.02. The Kier molecular flexibility index (Phi) is 4.43. The highest BCUT2D eigenvalue weighted by molar-refractivity contribution is 5.87. The number of aromatic amines is 1. The SMILES string of the molecule is CC(O)c1c[nH]c2c(=O)n(-c3cccc([C@]4(c5nncn5C)C[C@@H](C)C4)c3)cc(C3CC3)c12. The largest absolute Gasteiger partial charge is 0.389 e. The number of rotatable bonds is 5. The first-order chi connectivity index (χ1) is 15.9. The second kappa shape index (κ2) is 7.15. The summed E-state index contributed by atoms with van der Waals surface area (Å²) in [5.74, 6) is 2.03. The topological polar surface area (TPSA) is 88.7 Å². The van der Waals surface area contributed by atoms with E-state index < -0.39 is 6.10 Å². The van der Waals surface area contributed by atoms with E-state index >= 15 is 0 Å². The van der Waals surface area contributed by atoms with Gasteiger partial charge in [-0.05, 0) is 67.7 Å². The van der Waals surface area contributed by atoms with Gasteiger partial charge in [-0.2, -0.15) is 0 Å². The van der Waals surface area contributed by atoms with Crippen LogP contribution in [0.5, 0.6) is 0 Å². The van der Waals surface area contributed by atoms with Crippen LogP contribution in [-0.2, 0) is 12.5 Å². The Morgan fingerprint density at radius 1 is 1.27 bits per heavy atom. The second-order valence-electron chi connectivity index (χ2n) is 10.1. The number of hydrogen-bond donors (Lipinski definition) is 2. The van der Waals surface area contributed by atoms with Gasteiger partial charge in [0.05, 0.1) is 11.5 Å². The molecule has 3 aromatic heterocycles. The average Bonchev–Trinajstić information content (AvgIpc) is 3.36. The predicted octanol–water partition coefficient (Wildman–Crippen LogP) is 4.09. The minimum absolute atomic E-state index is 0.0897. The van der Waals surface area contributed by atoms with Crippen LogP contribution in [0.25, 0.3) is 16.6 Å². The quantitative estimate of drug-likeness (QED) is 0.486. The van der Waals surface area contributed by atoms with E-state index in [9.17, 15) is 9.90 Å². The number of H-pyrrole nitrogens is 1. The molecule has 1 unspecified atom stereocenters. The number of aliphatic hydroxyl groups excluding tert-OH is 1. The molecule has 0 amide bonds. The number of aryl methyl sites for hydroxylation is 1. The average molecular weight is 444 g/mol. The van der Waals surface area contributed by atoms with Crippen LogP contribution in [0.15, 0.2) is 47.8 Å². The van der Waals surface area contributed by atoms with E-state index in [1.165, 1.54) is 5.56 Å². The first kappa shape index (κ1) is 20.4. The Balaban J connectivity index is 1.53. The summed E-state index contributed by atoms with van der Waals surface area (Å²) in [5, 5.41) is 19.8. The lowest BCUT2D eigenvalue weighted by Gasteiger charge is -2.46. The minimum atomic E-state index is -0.623. The molecule has 33 heavy (non-hydrogen) atoms. The Labute approximate surface area is 192 Å². The first-order valence-electron chi connectivity index (χ1n) is 11.8. The van der Waals surface area contributed by atoms with Crippen LogP contribution < -0.4 is 5.56 Å². The van der Waals surface area contributed by atoms with Gasteiger partial charge in [0.2, 0.25) is 0 Å². The van der Waals surface area contributed by atoms with Crippen LogP contribution in [0.4, 0.5) is 0 Å². The summed E-state index contributed by atoms with van der Waals surface area (Å²) in [7, 11) is 2.00. The molecule has 1 aromatic carbocycles. The molecule has 170 valence electrons. The molecule has 2 N–H and O–H groups in total. The molecule has 6 rings (SSSR count). The first-order valence-corrected chi connectivity index (χ1v) is 11.8. The molecular formula is C26H29N5O2. The maximum absolute atomic E-state index is 13.6. The molecule has 2 aliphatic rings. The third-order valence-corrected chi connectivity index (χ3v) is 7.58. The van der Waals surface area contributed by atoms with Gasteiger partial charge in [0.15, 0.2) is 0 Å². The smallest absolute Gasteiger partial charge is 0.279 e. The number of pyridine rings is 1. The van der Waals surface area contributed by atoms with E-state index in [-0.39, 0.29) is 11.0 Å². The molecule has 0 radical (unpaired) electrons. The number of fused-ring (bicyclic) bond motifs is 1. The van der Waals surface area contributed by atoms with Crippen molar-refractivity contribution in [2.75, 3.05) is 0 Å². The molecule has 0 bridgehead atoms. The van der Waals surface area contributed by atoms with Gasteiger partial charge < -0.3 is 14.7 Å². The molecule has 7 nitrogen and oxygen atoms in total. The Hall–Kier alpha value is -3.19. The molecule has 2 aliphatic carbocycles. The number of benzene rings is 1. The van der Waals surface area contributed by atoms with E-state index in [2.05, 4.69) is 34.2 Å². The molecule has 0 spiro atoms. The van der Waals surface area contributed by atoms with Crippen LogP contribution in [0.1, 0.15) is 74.1 Å². The number of aliphatic hydroxyl groups is 1. The lowest BCUT2D eigenvalue weighted by Crippen LogP contribution is -2.43. The molecule has 4 aromatic rings. The van der Waals surface area contributed by atoms with Crippen molar-refractivity contribution >= 4 is 10.9 Å². The van der Waals surface area contributed by atoms with E-state index in [0.717, 1.165) is 53.7 Å². The molecule has 0 saturated heterocycles. The minimum Gasteiger partial charge on any atom is -0.389 e. The second-order valence-corrected chi connectivity index (χ2v) is 10.1. The third kappa shape index (κ3) is 3.02. The highest BCUT2D eigenvalue weighted by Gasteiger charge is 2.48. The lowest BCUT2D eigenvalue weighted by atomic mass is 9.58. The van der Waals surface area contributed by atoms with Gasteiger partial charge in [-0.15, -0.1) is 10.2 Å². The molecule has 0 aliphatic heterocycles. The van der Waals surface area contributed by atoms with Crippen molar-refractivity contribution in [2.24, 2.45) is 13.0 Å². The van der Waals surface area contributed by atoms with E-state index in [1.54, 1.807) is 24.0 Å². The predicted molar refractivity (Wildman–Crippen MR) is 127 cm³/mol. The van der Waals surface area contributed by atoms with Crippen LogP contribution >= 0.6 is 0 Å². The van der Waals surface area contributed by atoms with Gasteiger partial charge in [0.1, 0.15) is 17.7 Å². The maximum atomic E-state index is 13.6. The molecule has 1 atom stereocenters. The zero-order chi connectivity index (χ0) is 22.9. The number of nitrogens with one attached hydrogen (secondary N) is 1. The molecule has 7 heteroatoms. The van der Waals surface area contributed by atoms with E-state index in [1.807, 2.05) is 29.9 Å². The highest BCUT2D eigenvalue weighted by atomic mass is 16.3. The van der Waals surface area contributed by atoms with Crippen molar-refractivity contribution < 1.29 is 5.11 Å². The van der Waals surface area contributed by atoms with Gasteiger partial charge in [-0.3, -0.25) is 9.36 Å². The van der Waals surface area contributed by atoms with Crippen molar-refractivity contribution in [2.45, 2.75) is 57.0 Å². The standard InChI is InChI=1S/C26H29N5O2/c1-15-10-26(11-15,25-29-28-14-30(25)3)18-5-4-6-19(9-18)31-13-21(17-7-8-17)22-20(16(2)32)12-27-23(22)24(31)33/h4-6,9,12-17,27,32H,7-8,10-11H2,1-3H3/t15-,16?,26+.